The molecule has 2 aromatic heterocycles. The molecule has 0 spiro atoms. The van der Waals surface area contributed by atoms with Gasteiger partial charge in [0.25, 0.3) is 0 Å². The molecule has 88 valence electrons. The van der Waals surface area contributed by atoms with Crippen LogP contribution in [0.15, 0.2) is 46.8 Å². The average molecular weight is 269 g/mol. The average Bonchev–Trinajstić information content (AvgIpc) is 3.04. The summed E-state index contributed by atoms with van der Waals surface area (Å²) in [4.78, 5) is 7.53. The van der Waals surface area contributed by atoms with Crippen LogP contribution in [0.5, 0.6) is 0 Å². The summed E-state index contributed by atoms with van der Waals surface area (Å²) in [6.45, 7) is 0.928. The lowest BCUT2D eigenvalue weighted by atomic mass is 10.1. The van der Waals surface area contributed by atoms with Gasteiger partial charge in [0.1, 0.15) is 0 Å². The lowest BCUT2D eigenvalue weighted by Gasteiger charge is -2.11. The summed E-state index contributed by atoms with van der Waals surface area (Å²) < 4.78 is 1.34. The van der Waals surface area contributed by atoms with Gasteiger partial charge in [0, 0.05) is 28.1 Å². The molecule has 0 atom stereocenters. The molecule has 1 nitrogen and oxygen atoms in total. The van der Waals surface area contributed by atoms with Gasteiger partial charge in [0.2, 0.25) is 0 Å². The van der Waals surface area contributed by atoms with Crippen LogP contribution < -0.4 is 0 Å². The highest BCUT2D eigenvalue weighted by Crippen LogP contribution is 2.31. The van der Waals surface area contributed by atoms with Crippen molar-refractivity contribution in [1.29, 1.82) is 0 Å². The topological polar surface area (TPSA) is 12.4 Å². The van der Waals surface area contributed by atoms with E-state index >= 15 is 0 Å². The van der Waals surface area contributed by atoms with Crippen molar-refractivity contribution in [2.24, 2.45) is 4.99 Å². The molecule has 0 saturated heterocycles. The van der Waals surface area contributed by atoms with E-state index in [-0.39, 0.29) is 0 Å². The Morgan fingerprint density at radius 3 is 3.00 bits per heavy atom. The smallest absolute Gasteiger partial charge is 0.0830 e. The van der Waals surface area contributed by atoms with Crippen LogP contribution in [0.4, 0.5) is 0 Å². The lowest BCUT2D eigenvalue weighted by Crippen LogP contribution is -2.10. The fourth-order valence-corrected chi connectivity index (χ4v) is 4.36. The third-order valence-corrected chi connectivity index (χ3v) is 5.37. The number of fused-ring (bicyclic) bond motifs is 2. The van der Waals surface area contributed by atoms with E-state index in [1.165, 1.54) is 31.1 Å². The van der Waals surface area contributed by atoms with Gasteiger partial charge in [-0.3, -0.25) is 4.99 Å². The molecular formula is C15H11NS2. The maximum absolute atomic E-state index is 4.74. The minimum Gasteiger partial charge on any atom is -0.283 e. The van der Waals surface area contributed by atoms with E-state index in [1.54, 1.807) is 0 Å². The fraction of sp³-hybridized carbons (Fsp3) is 0.133. The number of benzene rings is 1. The van der Waals surface area contributed by atoms with Crippen molar-refractivity contribution in [2.45, 2.75) is 6.42 Å². The maximum Gasteiger partial charge on any atom is 0.0830 e. The summed E-state index contributed by atoms with van der Waals surface area (Å²) in [6, 6.07) is 13.0. The second kappa shape index (κ2) is 4.04. The van der Waals surface area contributed by atoms with Gasteiger partial charge in [0.05, 0.1) is 10.6 Å². The molecule has 1 aliphatic rings. The first-order valence-electron chi connectivity index (χ1n) is 6.02. The molecule has 3 heteroatoms. The van der Waals surface area contributed by atoms with E-state index in [0.717, 1.165) is 13.0 Å². The van der Waals surface area contributed by atoms with Crippen LogP contribution in [-0.2, 0) is 6.42 Å². The second-order valence-corrected chi connectivity index (χ2v) is 6.47. The molecule has 0 radical (unpaired) electrons. The molecule has 1 aliphatic heterocycles. The number of aliphatic imine (C=N–C) groups is 1. The number of hydrogen-bond donors (Lipinski definition) is 0. The van der Waals surface area contributed by atoms with Crippen molar-refractivity contribution in [2.75, 3.05) is 6.54 Å². The standard InChI is InChI=1S/C15H11NS2/c1-2-4-12-10(3-1)9-14(18-12)15-11-6-8-17-13(11)5-7-16-15/h1-4,6,8-9H,5,7H2. The summed E-state index contributed by atoms with van der Waals surface area (Å²) >= 11 is 3.70. The van der Waals surface area contributed by atoms with Crippen molar-refractivity contribution in [3.05, 3.63) is 57.1 Å². The first-order valence-corrected chi connectivity index (χ1v) is 7.71. The molecule has 0 bridgehead atoms. The number of rotatable bonds is 1. The van der Waals surface area contributed by atoms with Gasteiger partial charge >= 0.3 is 0 Å². The van der Waals surface area contributed by atoms with E-state index in [2.05, 4.69) is 41.8 Å². The molecule has 0 aliphatic carbocycles. The highest BCUT2D eigenvalue weighted by atomic mass is 32.1. The van der Waals surface area contributed by atoms with Gasteiger partial charge < -0.3 is 0 Å². The molecule has 3 heterocycles. The summed E-state index contributed by atoms with van der Waals surface area (Å²) in [7, 11) is 0. The van der Waals surface area contributed by atoms with Crippen LogP contribution in [0.25, 0.3) is 10.1 Å². The zero-order valence-corrected chi connectivity index (χ0v) is 11.4. The molecule has 0 unspecified atom stereocenters. The predicted molar refractivity (Wildman–Crippen MR) is 80.4 cm³/mol. The SMILES string of the molecule is c1ccc2sc(C3=NCCc4sccc43)cc2c1. The summed E-state index contributed by atoms with van der Waals surface area (Å²) in [5, 5.41) is 3.50. The number of thiophene rings is 2. The highest BCUT2D eigenvalue weighted by molar-refractivity contribution is 7.21. The Hall–Kier alpha value is -1.45. The van der Waals surface area contributed by atoms with Gasteiger partial charge in [-0.15, -0.1) is 22.7 Å². The van der Waals surface area contributed by atoms with Crippen molar-refractivity contribution in [3.63, 3.8) is 0 Å². The zero-order valence-electron chi connectivity index (χ0n) is 9.72. The predicted octanol–water partition coefficient (Wildman–Crippen LogP) is 4.36. The van der Waals surface area contributed by atoms with Crippen LogP contribution >= 0.6 is 22.7 Å². The molecule has 0 saturated carbocycles. The maximum atomic E-state index is 4.74. The Bertz CT molecular complexity index is 716. The third-order valence-electron chi connectivity index (χ3n) is 3.27. The van der Waals surface area contributed by atoms with E-state index in [0.29, 0.717) is 0 Å². The minimum absolute atomic E-state index is 0.928. The Balaban J connectivity index is 1.90. The minimum atomic E-state index is 0.928. The summed E-state index contributed by atoms with van der Waals surface area (Å²) in [5.41, 5.74) is 2.54. The van der Waals surface area contributed by atoms with Crippen molar-refractivity contribution < 1.29 is 0 Å². The first kappa shape index (κ1) is 10.5. The van der Waals surface area contributed by atoms with Crippen LogP contribution in [0, 0.1) is 0 Å². The lowest BCUT2D eigenvalue weighted by molar-refractivity contribution is 0.967. The summed E-state index contributed by atoms with van der Waals surface area (Å²) in [6.07, 6.45) is 1.10. The summed E-state index contributed by atoms with van der Waals surface area (Å²) in [5.74, 6) is 0. The number of nitrogens with zero attached hydrogens (tertiary/aromatic N) is 1. The molecule has 0 N–H and O–H groups in total. The van der Waals surface area contributed by atoms with Gasteiger partial charge in [0.15, 0.2) is 0 Å². The first-order chi connectivity index (χ1) is 8.92. The Morgan fingerprint density at radius 1 is 1.11 bits per heavy atom. The molecule has 4 rings (SSSR count). The second-order valence-electron chi connectivity index (χ2n) is 4.39. The van der Waals surface area contributed by atoms with Crippen LogP contribution in [-0.4, -0.2) is 12.3 Å². The van der Waals surface area contributed by atoms with E-state index in [1.807, 2.05) is 22.7 Å². The Labute approximate surface area is 113 Å². The molecular weight excluding hydrogens is 258 g/mol. The van der Waals surface area contributed by atoms with Crippen LogP contribution in [0.1, 0.15) is 15.3 Å². The fourth-order valence-electron chi connectivity index (χ4n) is 2.41. The van der Waals surface area contributed by atoms with Crippen molar-refractivity contribution in [1.82, 2.24) is 0 Å². The van der Waals surface area contributed by atoms with Gasteiger partial charge in [-0.2, -0.15) is 0 Å². The molecule has 1 aromatic carbocycles. The Kier molecular flexibility index (Phi) is 2.35. The Morgan fingerprint density at radius 2 is 2.06 bits per heavy atom. The quantitative estimate of drug-likeness (QED) is 0.622. The molecule has 0 fully saturated rings. The van der Waals surface area contributed by atoms with Crippen LogP contribution in [0.3, 0.4) is 0 Å². The van der Waals surface area contributed by atoms with E-state index in [4.69, 9.17) is 4.99 Å². The van der Waals surface area contributed by atoms with Gasteiger partial charge in [-0.1, -0.05) is 18.2 Å². The molecule has 3 aromatic rings. The largest absolute Gasteiger partial charge is 0.283 e. The van der Waals surface area contributed by atoms with Crippen molar-refractivity contribution in [3.8, 4) is 0 Å². The molecule has 18 heavy (non-hydrogen) atoms. The van der Waals surface area contributed by atoms with Gasteiger partial charge in [-0.25, -0.2) is 0 Å². The zero-order chi connectivity index (χ0) is 11.9. The highest BCUT2D eigenvalue weighted by Gasteiger charge is 2.18. The normalized spacial score (nSPS) is 14.6. The van der Waals surface area contributed by atoms with Gasteiger partial charge in [-0.05, 0) is 29.0 Å². The number of hydrogen-bond acceptors (Lipinski definition) is 3. The monoisotopic (exact) mass is 269 g/mol. The van der Waals surface area contributed by atoms with E-state index < -0.39 is 0 Å². The molecule has 0 amide bonds. The van der Waals surface area contributed by atoms with Crippen molar-refractivity contribution >= 4 is 38.5 Å². The van der Waals surface area contributed by atoms with Crippen LogP contribution in [0.2, 0.25) is 0 Å². The third kappa shape index (κ3) is 1.55. The van der Waals surface area contributed by atoms with E-state index in [9.17, 15) is 0 Å².